The molecule has 0 amide bonds. The second kappa shape index (κ2) is 8.48. The highest BCUT2D eigenvalue weighted by Crippen LogP contribution is 2.42. The second-order valence-corrected chi connectivity index (χ2v) is 7.95. The van der Waals surface area contributed by atoms with Crippen LogP contribution in [-0.2, 0) is 13.0 Å². The maximum atomic E-state index is 6.37. The molecule has 0 radical (unpaired) electrons. The Labute approximate surface area is 177 Å². The monoisotopic (exact) mass is 407 g/mol. The number of hydrogen-bond acceptors (Lipinski definition) is 3. The quantitative estimate of drug-likeness (QED) is 0.532. The Bertz CT molecular complexity index is 1020. The summed E-state index contributed by atoms with van der Waals surface area (Å²) in [6.45, 7) is 4.03. The SMILES string of the molecule is COc1cc2c(cc1OC)[C@H](c1cccc(Cl)c1)N(Cc1ccccc1C)CC2. The first-order valence-corrected chi connectivity index (χ1v) is 10.3. The van der Waals surface area contributed by atoms with Gasteiger partial charge in [-0.3, -0.25) is 4.90 Å². The van der Waals surface area contributed by atoms with E-state index in [-0.39, 0.29) is 6.04 Å². The highest BCUT2D eigenvalue weighted by Gasteiger charge is 2.30. The largest absolute Gasteiger partial charge is 0.493 e. The molecule has 4 rings (SSSR count). The van der Waals surface area contributed by atoms with E-state index in [0.717, 1.165) is 36.0 Å². The maximum Gasteiger partial charge on any atom is 0.161 e. The Morgan fingerprint density at radius 3 is 2.45 bits per heavy atom. The van der Waals surface area contributed by atoms with Crippen LogP contribution < -0.4 is 9.47 Å². The summed E-state index contributed by atoms with van der Waals surface area (Å²) in [6, 6.07) is 21.1. The van der Waals surface area contributed by atoms with Crippen LogP contribution in [-0.4, -0.2) is 25.7 Å². The molecule has 0 aliphatic carbocycles. The van der Waals surface area contributed by atoms with E-state index in [4.69, 9.17) is 21.1 Å². The van der Waals surface area contributed by atoms with E-state index in [9.17, 15) is 0 Å². The minimum Gasteiger partial charge on any atom is -0.493 e. The van der Waals surface area contributed by atoms with Crippen molar-refractivity contribution in [1.82, 2.24) is 4.90 Å². The molecule has 150 valence electrons. The van der Waals surface area contributed by atoms with Crippen molar-refractivity contribution in [2.45, 2.75) is 25.9 Å². The van der Waals surface area contributed by atoms with Crippen LogP contribution in [0, 0.1) is 6.92 Å². The van der Waals surface area contributed by atoms with E-state index >= 15 is 0 Å². The molecule has 0 N–H and O–H groups in total. The molecule has 0 saturated carbocycles. The van der Waals surface area contributed by atoms with Gasteiger partial charge in [0.05, 0.1) is 20.3 Å². The van der Waals surface area contributed by atoms with E-state index < -0.39 is 0 Å². The summed E-state index contributed by atoms with van der Waals surface area (Å²) in [5.74, 6) is 1.54. The van der Waals surface area contributed by atoms with Crippen molar-refractivity contribution in [2.24, 2.45) is 0 Å². The molecule has 1 aliphatic heterocycles. The zero-order valence-electron chi connectivity index (χ0n) is 17.1. The van der Waals surface area contributed by atoms with E-state index in [1.54, 1.807) is 14.2 Å². The molecule has 0 aromatic heterocycles. The smallest absolute Gasteiger partial charge is 0.161 e. The molecule has 0 spiro atoms. The van der Waals surface area contributed by atoms with Gasteiger partial charge in [-0.25, -0.2) is 0 Å². The van der Waals surface area contributed by atoms with E-state index in [1.165, 1.54) is 27.8 Å². The number of halogens is 1. The van der Waals surface area contributed by atoms with Crippen molar-refractivity contribution in [2.75, 3.05) is 20.8 Å². The summed E-state index contributed by atoms with van der Waals surface area (Å²) in [6.07, 6.45) is 0.971. The Morgan fingerprint density at radius 1 is 0.966 bits per heavy atom. The first kappa shape index (κ1) is 19.8. The van der Waals surface area contributed by atoms with Crippen LogP contribution in [0.15, 0.2) is 60.7 Å². The molecule has 1 aliphatic rings. The van der Waals surface area contributed by atoms with Gasteiger partial charge in [-0.2, -0.15) is 0 Å². The third-order valence-corrected chi connectivity index (χ3v) is 6.01. The lowest BCUT2D eigenvalue weighted by Crippen LogP contribution is -2.36. The minimum absolute atomic E-state index is 0.108. The Hall–Kier alpha value is -2.49. The van der Waals surface area contributed by atoms with Crippen molar-refractivity contribution < 1.29 is 9.47 Å². The maximum absolute atomic E-state index is 6.37. The van der Waals surface area contributed by atoms with Gasteiger partial charge in [0.1, 0.15) is 0 Å². The highest BCUT2D eigenvalue weighted by molar-refractivity contribution is 6.30. The van der Waals surface area contributed by atoms with Gasteiger partial charge >= 0.3 is 0 Å². The number of methoxy groups -OCH3 is 2. The number of ether oxygens (including phenoxy) is 2. The number of hydrogen-bond donors (Lipinski definition) is 0. The van der Waals surface area contributed by atoms with Gasteiger partial charge in [-0.1, -0.05) is 48.0 Å². The van der Waals surface area contributed by atoms with Crippen molar-refractivity contribution in [3.05, 3.63) is 93.5 Å². The summed E-state index contributed by atoms with van der Waals surface area (Å²) in [7, 11) is 3.37. The standard InChI is InChI=1S/C25H26ClNO2/c1-17-7-4-5-8-20(17)16-27-12-11-18-14-23(28-2)24(29-3)15-22(18)25(27)19-9-6-10-21(26)13-19/h4-10,13-15,25H,11-12,16H2,1-3H3/t25-/m0/s1. The van der Waals surface area contributed by atoms with Crippen LogP contribution in [0.25, 0.3) is 0 Å². The third kappa shape index (κ3) is 3.98. The van der Waals surface area contributed by atoms with Crippen molar-refractivity contribution in [3.63, 3.8) is 0 Å². The number of fused-ring (bicyclic) bond motifs is 1. The average Bonchev–Trinajstić information content (AvgIpc) is 2.74. The summed E-state index contributed by atoms with van der Waals surface area (Å²) >= 11 is 6.37. The summed E-state index contributed by atoms with van der Waals surface area (Å²) < 4.78 is 11.2. The molecule has 3 aromatic carbocycles. The number of benzene rings is 3. The van der Waals surface area contributed by atoms with Crippen molar-refractivity contribution >= 4 is 11.6 Å². The van der Waals surface area contributed by atoms with Gasteiger partial charge in [0.15, 0.2) is 11.5 Å². The molecule has 0 fully saturated rings. The molecule has 1 atom stereocenters. The highest BCUT2D eigenvalue weighted by atomic mass is 35.5. The molecule has 0 saturated heterocycles. The predicted octanol–water partition coefficient (Wildman–Crippen LogP) is 5.81. The summed E-state index contributed by atoms with van der Waals surface area (Å²) in [5.41, 5.74) is 6.41. The zero-order valence-corrected chi connectivity index (χ0v) is 17.9. The lowest BCUT2D eigenvalue weighted by atomic mass is 9.87. The van der Waals surface area contributed by atoms with E-state index in [2.05, 4.69) is 60.4 Å². The Morgan fingerprint density at radius 2 is 1.72 bits per heavy atom. The van der Waals surface area contributed by atoms with E-state index in [0.29, 0.717) is 0 Å². The first-order valence-electron chi connectivity index (χ1n) is 9.89. The molecule has 3 aromatic rings. The number of aryl methyl sites for hydroxylation is 1. The minimum atomic E-state index is 0.108. The van der Waals surface area contributed by atoms with Crippen LogP contribution >= 0.6 is 11.6 Å². The molecule has 0 unspecified atom stereocenters. The Kier molecular flexibility index (Phi) is 5.79. The molecule has 0 bridgehead atoms. The van der Waals surface area contributed by atoms with Gasteiger partial charge < -0.3 is 9.47 Å². The Balaban J connectivity index is 1.82. The zero-order chi connectivity index (χ0) is 20.4. The lowest BCUT2D eigenvalue weighted by Gasteiger charge is -2.38. The fourth-order valence-electron chi connectivity index (χ4n) is 4.24. The number of rotatable bonds is 5. The molecule has 29 heavy (non-hydrogen) atoms. The third-order valence-electron chi connectivity index (χ3n) is 5.77. The summed E-state index contributed by atoms with van der Waals surface area (Å²) in [5, 5.41) is 0.756. The lowest BCUT2D eigenvalue weighted by molar-refractivity contribution is 0.203. The topological polar surface area (TPSA) is 21.7 Å². The molecular weight excluding hydrogens is 382 g/mol. The van der Waals surface area contributed by atoms with Crippen molar-refractivity contribution in [1.29, 1.82) is 0 Å². The second-order valence-electron chi connectivity index (χ2n) is 7.51. The fourth-order valence-corrected chi connectivity index (χ4v) is 4.44. The molecule has 3 nitrogen and oxygen atoms in total. The average molecular weight is 408 g/mol. The van der Waals surface area contributed by atoms with Crippen LogP contribution in [0.1, 0.15) is 33.9 Å². The van der Waals surface area contributed by atoms with Gasteiger partial charge in [0, 0.05) is 18.1 Å². The molecular formula is C25H26ClNO2. The van der Waals surface area contributed by atoms with Gasteiger partial charge in [0.25, 0.3) is 0 Å². The van der Waals surface area contributed by atoms with E-state index in [1.807, 2.05) is 12.1 Å². The van der Waals surface area contributed by atoms with Crippen LogP contribution in [0.2, 0.25) is 5.02 Å². The first-order chi connectivity index (χ1) is 14.1. The fraction of sp³-hybridized carbons (Fsp3) is 0.280. The van der Waals surface area contributed by atoms with Crippen LogP contribution in [0.5, 0.6) is 11.5 Å². The molecule has 4 heteroatoms. The normalized spacial score (nSPS) is 16.3. The van der Waals surface area contributed by atoms with Crippen LogP contribution in [0.4, 0.5) is 0 Å². The number of nitrogens with zero attached hydrogens (tertiary/aromatic N) is 1. The van der Waals surface area contributed by atoms with Gasteiger partial charge in [-0.05, 0) is 65.4 Å². The van der Waals surface area contributed by atoms with Crippen molar-refractivity contribution in [3.8, 4) is 11.5 Å². The summed E-state index contributed by atoms with van der Waals surface area (Å²) in [4.78, 5) is 2.53. The molecule has 1 heterocycles. The van der Waals surface area contributed by atoms with Gasteiger partial charge in [-0.15, -0.1) is 0 Å². The van der Waals surface area contributed by atoms with Gasteiger partial charge in [0.2, 0.25) is 0 Å². The predicted molar refractivity (Wildman–Crippen MR) is 118 cm³/mol. The van der Waals surface area contributed by atoms with Crippen LogP contribution in [0.3, 0.4) is 0 Å².